The highest BCUT2D eigenvalue weighted by atomic mass is 16.5. The molecule has 2 aromatic heterocycles. The molecule has 4 aromatic rings. The van der Waals surface area contributed by atoms with Crippen molar-refractivity contribution in [2.75, 3.05) is 25.0 Å². The second kappa shape index (κ2) is 10.4. The Labute approximate surface area is 197 Å². The second-order valence-corrected chi connectivity index (χ2v) is 8.10. The molecule has 1 atom stereocenters. The van der Waals surface area contributed by atoms with Gasteiger partial charge in [-0.1, -0.05) is 18.2 Å². The number of pyridine rings is 1. The number of ether oxygens (including phenoxy) is 2. The summed E-state index contributed by atoms with van der Waals surface area (Å²) in [7, 11) is 0. The first-order valence-corrected chi connectivity index (χ1v) is 11.2. The summed E-state index contributed by atoms with van der Waals surface area (Å²) in [6.45, 7) is 2.90. The molecule has 0 unspecified atom stereocenters. The summed E-state index contributed by atoms with van der Waals surface area (Å²) < 4.78 is 11.7. The molecule has 0 saturated carbocycles. The van der Waals surface area contributed by atoms with Gasteiger partial charge in [0.15, 0.2) is 0 Å². The molecule has 0 radical (unpaired) electrons. The zero-order chi connectivity index (χ0) is 23.2. The average Bonchev–Trinajstić information content (AvgIpc) is 2.88. The fourth-order valence-corrected chi connectivity index (χ4v) is 3.90. The molecule has 34 heavy (non-hydrogen) atoms. The van der Waals surface area contributed by atoms with Gasteiger partial charge in [-0.05, 0) is 48.0 Å². The van der Waals surface area contributed by atoms with E-state index in [1.807, 2.05) is 54.6 Å². The van der Waals surface area contributed by atoms with Gasteiger partial charge in [0.25, 0.3) is 5.91 Å². The van der Waals surface area contributed by atoms with Crippen molar-refractivity contribution in [1.29, 1.82) is 0 Å². The van der Waals surface area contributed by atoms with Crippen LogP contribution in [0.15, 0.2) is 79.3 Å². The Hall–Kier alpha value is -3.88. The molecule has 0 spiro atoms. The Kier molecular flexibility index (Phi) is 6.69. The third-order valence-corrected chi connectivity index (χ3v) is 5.60. The van der Waals surface area contributed by atoms with Crippen molar-refractivity contribution in [3.63, 3.8) is 0 Å². The largest absolute Gasteiger partial charge is 0.487 e. The molecule has 5 rings (SSSR count). The lowest BCUT2D eigenvalue weighted by Crippen LogP contribution is -2.47. The third-order valence-electron chi connectivity index (χ3n) is 5.60. The van der Waals surface area contributed by atoms with E-state index in [2.05, 4.69) is 31.2 Å². The van der Waals surface area contributed by atoms with Crippen LogP contribution in [0.25, 0.3) is 11.0 Å². The predicted octanol–water partition coefficient (Wildman–Crippen LogP) is 3.44. The van der Waals surface area contributed by atoms with Crippen LogP contribution in [0.2, 0.25) is 0 Å². The number of carbonyl (C=O) groups excluding carboxylic acids is 1. The number of rotatable bonds is 7. The van der Waals surface area contributed by atoms with Gasteiger partial charge in [0, 0.05) is 43.9 Å². The number of carbonyl (C=O) groups is 1. The maximum Gasteiger partial charge on any atom is 0.254 e. The molecular formula is C26H25N5O3. The number of nitrogens with zero attached hydrogens (tertiary/aromatic N) is 4. The predicted molar refractivity (Wildman–Crippen MR) is 128 cm³/mol. The van der Waals surface area contributed by atoms with E-state index >= 15 is 0 Å². The van der Waals surface area contributed by atoms with Gasteiger partial charge >= 0.3 is 0 Å². The molecule has 1 aliphatic rings. The molecule has 0 aliphatic carbocycles. The summed E-state index contributed by atoms with van der Waals surface area (Å²) in [6, 6.07) is 19.3. The summed E-state index contributed by atoms with van der Waals surface area (Å²) in [5.41, 5.74) is 4.20. The van der Waals surface area contributed by atoms with E-state index in [1.165, 1.54) is 0 Å². The number of fused-ring (bicyclic) bond motifs is 1. The minimum Gasteiger partial charge on any atom is -0.487 e. The lowest BCUT2D eigenvalue weighted by atomic mass is 10.1. The Morgan fingerprint density at radius 3 is 2.79 bits per heavy atom. The van der Waals surface area contributed by atoms with Crippen molar-refractivity contribution in [1.82, 2.24) is 19.9 Å². The van der Waals surface area contributed by atoms with Crippen LogP contribution in [0.5, 0.6) is 5.75 Å². The number of morpholine rings is 1. The van der Waals surface area contributed by atoms with Crippen LogP contribution in [-0.2, 0) is 22.7 Å². The highest BCUT2D eigenvalue weighted by molar-refractivity contribution is 5.96. The smallest absolute Gasteiger partial charge is 0.254 e. The molecule has 1 saturated heterocycles. The lowest BCUT2D eigenvalue weighted by molar-refractivity contribution is -0.133. The maximum atomic E-state index is 12.9. The number of hydrogen-bond donors (Lipinski definition) is 1. The highest BCUT2D eigenvalue weighted by Crippen LogP contribution is 2.19. The number of benzene rings is 2. The molecule has 8 nitrogen and oxygen atoms in total. The van der Waals surface area contributed by atoms with Gasteiger partial charge in [0.05, 0.1) is 23.3 Å². The lowest BCUT2D eigenvalue weighted by Gasteiger charge is -2.32. The quantitative estimate of drug-likeness (QED) is 0.457. The zero-order valence-electron chi connectivity index (χ0n) is 18.6. The van der Waals surface area contributed by atoms with Crippen LogP contribution in [0, 0.1) is 0 Å². The summed E-state index contributed by atoms with van der Waals surface area (Å²) >= 11 is 0. The van der Waals surface area contributed by atoms with Crippen molar-refractivity contribution in [2.45, 2.75) is 19.3 Å². The normalized spacial score (nSPS) is 16.3. The van der Waals surface area contributed by atoms with Gasteiger partial charge in [0.1, 0.15) is 18.5 Å². The molecule has 2 aromatic carbocycles. The molecule has 1 amide bonds. The first kappa shape index (κ1) is 21.9. The van der Waals surface area contributed by atoms with Crippen molar-refractivity contribution >= 4 is 22.6 Å². The van der Waals surface area contributed by atoms with E-state index in [1.54, 1.807) is 18.6 Å². The first-order chi connectivity index (χ1) is 16.7. The number of amides is 1. The molecule has 1 fully saturated rings. The Bertz CT molecular complexity index is 1270. The van der Waals surface area contributed by atoms with Crippen LogP contribution in [0.3, 0.4) is 0 Å². The highest BCUT2D eigenvalue weighted by Gasteiger charge is 2.27. The molecule has 172 valence electrons. The van der Waals surface area contributed by atoms with E-state index in [9.17, 15) is 4.79 Å². The monoisotopic (exact) mass is 455 g/mol. The second-order valence-electron chi connectivity index (χ2n) is 8.10. The van der Waals surface area contributed by atoms with Crippen molar-refractivity contribution in [3.8, 4) is 5.75 Å². The summed E-state index contributed by atoms with van der Waals surface area (Å²) in [5.74, 6) is 0.630. The van der Waals surface area contributed by atoms with E-state index in [0.717, 1.165) is 34.6 Å². The summed E-state index contributed by atoms with van der Waals surface area (Å²) in [5, 5.41) is 2.95. The Morgan fingerprint density at radius 2 is 1.91 bits per heavy atom. The number of anilines is 1. The summed E-state index contributed by atoms with van der Waals surface area (Å²) in [6.07, 6.45) is 4.49. The molecule has 1 aliphatic heterocycles. The molecule has 8 heteroatoms. The van der Waals surface area contributed by atoms with Crippen LogP contribution in [0.4, 0.5) is 5.69 Å². The van der Waals surface area contributed by atoms with Crippen LogP contribution >= 0.6 is 0 Å². The van der Waals surface area contributed by atoms with Crippen LogP contribution in [-0.4, -0.2) is 51.6 Å². The van der Waals surface area contributed by atoms with E-state index < -0.39 is 6.10 Å². The molecule has 1 N–H and O–H groups in total. The Morgan fingerprint density at radius 1 is 1.00 bits per heavy atom. The first-order valence-electron chi connectivity index (χ1n) is 11.2. The van der Waals surface area contributed by atoms with Crippen molar-refractivity contribution in [3.05, 3.63) is 90.5 Å². The standard InChI is InChI=1S/C26H25N5O3/c32-26(30-20-7-8-23-24(15-20)29-11-10-28-23)25-17-31(12-13-33-25)16-19-4-3-6-22(14-19)34-18-21-5-1-2-9-27-21/h1-11,14-15,25H,12-13,16-18H2,(H,30,32)/t25-/m1/s1. The van der Waals surface area contributed by atoms with E-state index in [4.69, 9.17) is 9.47 Å². The average molecular weight is 456 g/mol. The van der Waals surface area contributed by atoms with Crippen molar-refractivity contribution < 1.29 is 14.3 Å². The van der Waals surface area contributed by atoms with Gasteiger partial charge in [-0.2, -0.15) is 0 Å². The number of aromatic nitrogens is 3. The van der Waals surface area contributed by atoms with E-state index in [-0.39, 0.29) is 5.91 Å². The fourth-order valence-electron chi connectivity index (χ4n) is 3.90. The topological polar surface area (TPSA) is 89.5 Å². The zero-order valence-corrected chi connectivity index (χ0v) is 18.6. The van der Waals surface area contributed by atoms with Gasteiger partial charge < -0.3 is 14.8 Å². The van der Waals surface area contributed by atoms with E-state index in [0.29, 0.717) is 32.0 Å². The third kappa shape index (κ3) is 5.54. The number of hydrogen-bond acceptors (Lipinski definition) is 7. The van der Waals surface area contributed by atoms with Crippen LogP contribution < -0.4 is 10.1 Å². The fraction of sp³-hybridized carbons (Fsp3) is 0.231. The van der Waals surface area contributed by atoms with Gasteiger partial charge in [0.2, 0.25) is 0 Å². The Balaban J connectivity index is 1.17. The van der Waals surface area contributed by atoms with Crippen molar-refractivity contribution in [2.24, 2.45) is 0 Å². The maximum absolute atomic E-state index is 12.9. The molecular weight excluding hydrogens is 430 g/mol. The summed E-state index contributed by atoms with van der Waals surface area (Å²) in [4.78, 5) is 27.9. The number of nitrogens with one attached hydrogen (secondary N) is 1. The SMILES string of the molecule is O=C(Nc1ccc2nccnc2c1)[C@H]1CN(Cc2cccc(OCc3ccccn3)c2)CCO1. The van der Waals surface area contributed by atoms with Crippen LogP contribution in [0.1, 0.15) is 11.3 Å². The van der Waals surface area contributed by atoms with Gasteiger partial charge in [-0.15, -0.1) is 0 Å². The molecule has 0 bridgehead atoms. The van der Waals surface area contributed by atoms with Gasteiger partial charge in [-0.3, -0.25) is 24.6 Å². The minimum absolute atomic E-state index is 0.166. The minimum atomic E-state index is -0.546. The van der Waals surface area contributed by atoms with Gasteiger partial charge in [-0.25, -0.2) is 0 Å². The molecule has 3 heterocycles.